The van der Waals surface area contributed by atoms with Gasteiger partial charge >= 0.3 is 0 Å². The lowest BCUT2D eigenvalue weighted by Crippen LogP contribution is -2.53. The van der Waals surface area contributed by atoms with Crippen molar-refractivity contribution in [1.82, 2.24) is 15.5 Å². The van der Waals surface area contributed by atoms with Crippen molar-refractivity contribution in [2.75, 3.05) is 26.2 Å². The molecule has 2 heterocycles. The third kappa shape index (κ3) is 4.73. The molecule has 0 bridgehead atoms. The predicted molar refractivity (Wildman–Crippen MR) is 95.0 cm³/mol. The van der Waals surface area contributed by atoms with Crippen LogP contribution in [0.3, 0.4) is 0 Å². The van der Waals surface area contributed by atoms with E-state index in [1.807, 2.05) is 0 Å². The second kappa shape index (κ2) is 9.31. The number of hydrogen-bond acceptors (Lipinski definition) is 3. The molecule has 0 aromatic carbocycles. The summed E-state index contributed by atoms with van der Waals surface area (Å²) in [7, 11) is 0. The molecule has 130 valence electrons. The molecule has 1 unspecified atom stereocenters. The van der Waals surface area contributed by atoms with Gasteiger partial charge in [-0.25, -0.2) is 0 Å². The van der Waals surface area contributed by atoms with Crippen LogP contribution in [0.4, 0.5) is 0 Å². The Hall–Kier alpha value is -0.0300. The second-order valence-electron chi connectivity index (χ2n) is 6.96. The monoisotopic (exact) mass is 351 g/mol. The van der Waals surface area contributed by atoms with Crippen LogP contribution in [0.1, 0.15) is 45.4 Å². The van der Waals surface area contributed by atoms with Gasteiger partial charge in [-0.3, -0.25) is 4.79 Å². The Kier molecular flexibility index (Phi) is 8.47. The van der Waals surface area contributed by atoms with Crippen LogP contribution in [-0.2, 0) is 4.79 Å². The minimum absolute atomic E-state index is 0. The molecule has 1 amide bonds. The van der Waals surface area contributed by atoms with E-state index in [0.29, 0.717) is 12.0 Å². The lowest BCUT2D eigenvalue weighted by Gasteiger charge is -2.37. The molecule has 3 fully saturated rings. The normalized spacial score (nSPS) is 25.7. The summed E-state index contributed by atoms with van der Waals surface area (Å²) in [5, 5.41) is 6.54. The van der Waals surface area contributed by atoms with Gasteiger partial charge in [0.2, 0.25) is 5.91 Å². The molecule has 0 radical (unpaired) electrons. The van der Waals surface area contributed by atoms with E-state index in [2.05, 4.69) is 22.5 Å². The lowest BCUT2D eigenvalue weighted by molar-refractivity contribution is -0.127. The fourth-order valence-corrected chi connectivity index (χ4v) is 3.89. The predicted octanol–water partition coefficient (Wildman–Crippen LogP) is 2.21. The van der Waals surface area contributed by atoms with Crippen molar-refractivity contribution in [3.8, 4) is 0 Å². The Morgan fingerprint density at radius 3 is 2.18 bits per heavy atom. The first-order valence-corrected chi connectivity index (χ1v) is 8.49. The summed E-state index contributed by atoms with van der Waals surface area (Å²) >= 11 is 0. The highest BCUT2D eigenvalue weighted by Gasteiger charge is 2.31. The topological polar surface area (TPSA) is 44.4 Å². The molecule has 0 spiro atoms. The van der Waals surface area contributed by atoms with Gasteiger partial charge in [-0.2, -0.15) is 0 Å². The van der Waals surface area contributed by atoms with Crippen molar-refractivity contribution >= 4 is 30.7 Å². The van der Waals surface area contributed by atoms with Gasteiger partial charge in [0, 0.05) is 31.1 Å². The number of hydrogen-bond donors (Lipinski definition) is 2. The molecule has 0 aromatic rings. The molecular formula is C16H31Cl2N3O. The fourth-order valence-electron chi connectivity index (χ4n) is 3.89. The van der Waals surface area contributed by atoms with Crippen molar-refractivity contribution in [2.24, 2.45) is 11.8 Å². The number of likely N-dealkylation sites (tertiary alicyclic amines) is 1. The maximum atomic E-state index is 12.2. The highest BCUT2D eigenvalue weighted by molar-refractivity contribution is 5.85. The fraction of sp³-hybridized carbons (Fsp3) is 0.938. The van der Waals surface area contributed by atoms with Crippen LogP contribution < -0.4 is 10.6 Å². The van der Waals surface area contributed by atoms with E-state index in [0.717, 1.165) is 32.0 Å². The zero-order valence-electron chi connectivity index (χ0n) is 13.6. The number of carbonyl (C=O) groups excluding carboxylic acids is 1. The molecule has 1 aliphatic carbocycles. The van der Waals surface area contributed by atoms with E-state index < -0.39 is 0 Å². The van der Waals surface area contributed by atoms with E-state index in [1.54, 1.807) is 0 Å². The average Bonchev–Trinajstić information content (AvgIpc) is 2.91. The summed E-state index contributed by atoms with van der Waals surface area (Å²) in [4.78, 5) is 14.9. The van der Waals surface area contributed by atoms with Crippen molar-refractivity contribution in [3.63, 3.8) is 0 Å². The molecule has 6 heteroatoms. The Bertz CT molecular complexity index is 338. The molecule has 3 rings (SSSR count). The quantitative estimate of drug-likeness (QED) is 0.815. The summed E-state index contributed by atoms with van der Waals surface area (Å²) in [6.45, 7) is 6.45. The van der Waals surface area contributed by atoms with Crippen LogP contribution in [0.5, 0.6) is 0 Å². The first-order valence-electron chi connectivity index (χ1n) is 8.49. The Morgan fingerprint density at radius 1 is 1.09 bits per heavy atom. The maximum absolute atomic E-state index is 12.2. The van der Waals surface area contributed by atoms with Gasteiger partial charge in [-0.1, -0.05) is 19.8 Å². The minimum atomic E-state index is 0. The Labute approximate surface area is 147 Å². The highest BCUT2D eigenvalue weighted by atomic mass is 35.5. The number of piperidine rings is 1. The number of halogens is 2. The van der Waals surface area contributed by atoms with E-state index >= 15 is 0 Å². The van der Waals surface area contributed by atoms with E-state index in [9.17, 15) is 4.79 Å². The zero-order valence-corrected chi connectivity index (χ0v) is 15.2. The van der Waals surface area contributed by atoms with Crippen LogP contribution in [0, 0.1) is 11.8 Å². The second-order valence-corrected chi connectivity index (χ2v) is 6.96. The van der Waals surface area contributed by atoms with Gasteiger partial charge in [-0.15, -0.1) is 24.8 Å². The number of amides is 1. The molecule has 22 heavy (non-hydrogen) atoms. The highest BCUT2D eigenvalue weighted by Crippen LogP contribution is 2.26. The molecule has 4 nitrogen and oxygen atoms in total. The number of carbonyl (C=O) groups is 1. The van der Waals surface area contributed by atoms with Gasteiger partial charge in [-0.05, 0) is 44.7 Å². The number of rotatable bonds is 4. The van der Waals surface area contributed by atoms with Crippen LogP contribution in [-0.4, -0.2) is 49.1 Å². The SMILES string of the molecule is CC(C(=O)NC1CCN(C2CCCC2)CC1)C1CNC1.Cl.Cl. The van der Waals surface area contributed by atoms with Gasteiger partial charge in [0.1, 0.15) is 0 Å². The average molecular weight is 352 g/mol. The molecule has 0 aromatic heterocycles. The van der Waals surface area contributed by atoms with Crippen molar-refractivity contribution in [2.45, 2.75) is 57.5 Å². The molecule has 2 aliphatic heterocycles. The summed E-state index contributed by atoms with van der Waals surface area (Å²) in [6, 6.07) is 1.25. The van der Waals surface area contributed by atoms with Gasteiger partial charge < -0.3 is 15.5 Å². The van der Waals surface area contributed by atoms with Crippen LogP contribution >= 0.6 is 24.8 Å². The number of nitrogens with one attached hydrogen (secondary N) is 2. The molecule has 1 atom stereocenters. The standard InChI is InChI=1S/C16H29N3O.2ClH/c1-12(13-10-17-11-13)16(20)18-14-6-8-19(9-7-14)15-4-2-3-5-15;;/h12-15,17H,2-11H2,1H3,(H,18,20);2*1H. The maximum Gasteiger partial charge on any atom is 0.223 e. The van der Waals surface area contributed by atoms with Crippen LogP contribution in [0.2, 0.25) is 0 Å². The number of nitrogens with zero attached hydrogens (tertiary/aromatic N) is 1. The summed E-state index contributed by atoms with van der Waals surface area (Å²) in [6.07, 6.45) is 7.88. The minimum Gasteiger partial charge on any atom is -0.353 e. The third-order valence-corrected chi connectivity index (χ3v) is 5.65. The zero-order chi connectivity index (χ0) is 13.9. The van der Waals surface area contributed by atoms with E-state index in [-0.39, 0.29) is 36.6 Å². The Morgan fingerprint density at radius 2 is 1.68 bits per heavy atom. The largest absolute Gasteiger partial charge is 0.353 e. The summed E-state index contributed by atoms with van der Waals surface area (Å²) in [5.41, 5.74) is 0. The first-order chi connectivity index (χ1) is 9.74. The summed E-state index contributed by atoms with van der Waals surface area (Å²) in [5.74, 6) is 0.994. The molecule has 2 saturated heterocycles. The van der Waals surface area contributed by atoms with Crippen molar-refractivity contribution in [1.29, 1.82) is 0 Å². The molecular weight excluding hydrogens is 321 g/mol. The molecule has 2 N–H and O–H groups in total. The van der Waals surface area contributed by atoms with Crippen LogP contribution in [0.25, 0.3) is 0 Å². The third-order valence-electron chi connectivity index (χ3n) is 5.65. The van der Waals surface area contributed by atoms with Gasteiger partial charge in [0.25, 0.3) is 0 Å². The van der Waals surface area contributed by atoms with Gasteiger partial charge in [0.15, 0.2) is 0 Å². The smallest absolute Gasteiger partial charge is 0.223 e. The lowest BCUT2D eigenvalue weighted by atomic mass is 9.88. The van der Waals surface area contributed by atoms with Crippen molar-refractivity contribution < 1.29 is 4.79 Å². The van der Waals surface area contributed by atoms with Gasteiger partial charge in [0.05, 0.1) is 0 Å². The molecule has 3 aliphatic rings. The van der Waals surface area contributed by atoms with E-state index in [4.69, 9.17) is 0 Å². The molecule has 1 saturated carbocycles. The summed E-state index contributed by atoms with van der Waals surface area (Å²) < 4.78 is 0. The Balaban J connectivity index is 0.00000121. The van der Waals surface area contributed by atoms with Crippen LogP contribution in [0.15, 0.2) is 0 Å². The van der Waals surface area contributed by atoms with E-state index in [1.165, 1.54) is 38.8 Å². The first kappa shape index (κ1) is 20.0. The van der Waals surface area contributed by atoms with Crippen molar-refractivity contribution in [3.05, 3.63) is 0 Å².